The summed E-state index contributed by atoms with van der Waals surface area (Å²) >= 11 is 0. The van der Waals surface area contributed by atoms with Gasteiger partial charge in [-0.2, -0.15) is 0 Å². The van der Waals surface area contributed by atoms with Crippen LogP contribution in [0.15, 0.2) is 42.5 Å². The summed E-state index contributed by atoms with van der Waals surface area (Å²) in [5.41, 5.74) is 1.36. The topological polar surface area (TPSA) is 79.4 Å². The predicted molar refractivity (Wildman–Crippen MR) is 95.4 cm³/mol. The van der Waals surface area contributed by atoms with Crippen molar-refractivity contribution in [2.75, 3.05) is 44.7 Å². The first-order valence-electron chi connectivity index (χ1n) is 8.51. The van der Waals surface area contributed by atoms with Crippen LogP contribution in [-0.4, -0.2) is 60.4 Å². The van der Waals surface area contributed by atoms with E-state index in [1.807, 2.05) is 30.3 Å². The Labute approximate surface area is 147 Å². The summed E-state index contributed by atoms with van der Waals surface area (Å²) in [6, 6.07) is 13.2. The van der Waals surface area contributed by atoms with Gasteiger partial charge in [0.1, 0.15) is 5.82 Å². The third-order valence-electron chi connectivity index (χ3n) is 4.03. The van der Waals surface area contributed by atoms with Gasteiger partial charge in [0.2, 0.25) is 0 Å². The molecule has 0 radical (unpaired) electrons. The molecule has 7 nitrogen and oxygen atoms in total. The van der Waals surface area contributed by atoms with Gasteiger partial charge in [-0.05, 0) is 17.7 Å². The maximum Gasteiger partial charge on any atom is 0.272 e. The first-order valence-corrected chi connectivity index (χ1v) is 8.51. The number of rotatable bonds is 7. The summed E-state index contributed by atoms with van der Waals surface area (Å²) in [4.78, 5) is 14.4. The molecule has 0 saturated carbocycles. The second-order valence-corrected chi connectivity index (χ2v) is 5.85. The van der Waals surface area contributed by atoms with Crippen LogP contribution in [-0.2, 0) is 11.3 Å². The third-order valence-corrected chi connectivity index (χ3v) is 4.03. The number of carbonyl (C=O) groups excluding carboxylic acids is 1. The monoisotopic (exact) mass is 341 g/mol. The number of morpholine rings is 1. The summed E-state index contributed by atoms with van der Waals surface area (Å²) in [6.07, 6.45) is 0. The van der Waals surface area contributed by atoms with Gasteiger partial charge in [0.05, 0.1) is 13.2 Å². The number of aromatic nitrogens is 2. The number of benzene rings is 1. The van der Waals surface area contributed by atoms with E-state index in [4.69, 9.17) is 4.74 Å². The lowest BCUT2D eigenvalue weighted by Gasteiger charge is -2.26. The van der Waals surface area contributed by atoms with Crippen molar-refractivity contribution in [3.8, 4) is 0 Å². The van der Waals surface area contributed by atoms with E-state index >= 15 is 0 Å². The summed E-state index contributed by atoms with van der Waals surface area (Å²) in [5, 5.41) is 14.1. The van der Waals surface area contributed by atoms with Gasteiger partial charge in [0.15, 0.2) is 5.69 Å². The molecule has 0 bridgehead atoms. The van der Waals surface area contributed by atoms with Crippen molar-refractivity contribution in [2.24, 2.45) is 0 Å². The molecule has 3 rings (SSSR count). The minimum absolute atomic E-state index is 0.226. The molecule has 0 atom stereocenters. The highest BCUT2D eigenvalue weighted by Crippen LogP contribution is 2.04. The van der Waals surface area contributed by atoms with Gasteiger partial charge in [0, 0.05) is 32.7 Å². The predicted octanol–water partition coefficient (Wildman–Crippen LogP) is 1.15. The largest absolute Gasteiger partial charge is 0.379 e. The van der Waals surface area contributed by atoms with Crippen LogP contribution in [0.2, 0.25) is 0 Å². The fourth-order valence-electron chi connectivity index (χ4n) is 2.58. The fourth-order valence-corrected chi connectivity index (χ4v) is 2.58. The van der Waals surface area contributed by atoms with Crippen molar-refractivity contribution in [2.45, 2.75) is 6.54 Å². The second-order valence-electron chi connectivity index (χ2n) is 5.85. The molecular formula is C18H23N5O2. The first-order chi connectivity index (χ1) is 12.3. The average Bonchev–Trinajstić information content (AvgIpc) is 2.68. The van der Waals surface area contributed by atoms with Crippen LogP contribution < -0.4 is 10.6 Å². The fraction of sp³-hybridized carbons (Fsp3) is 0.389. The molecule has 1 aromatic carbocycles. The van der Waals surface area contributed by atoms with Gasteiger partial charge in [-0.25, -0.2) is 0 Å². The normalized spacial score (nSPS) is 14.9. The molecule has 1 aromatic heterocycles. The van der Waals surface area contributed by atoms with Crippen LogP contribution in [0.25, 0.3) is 0 Å². The van der Waals surface area contributed by atoms with E-state index in [2.05, 4.69) is 25.7 Å². The van der Waals surface area contributed by atoms with E-state index in [-0.39, 0.29) is 5.91 Å². The van der Waals surface area contributed by atoms with Crippen molar-refractivity contribution in [1.29, 1.82) is 0 Å². The molecule has 7 heteroatoms. The minimum atomic E-state index is -0.226. The molecule has 1 fully saturated rings. The van der Waals surface area contributed by atoms with Crippen LogP contribution >= 0.6 is 0 Å². The molecule has 0 spiro atoms. The van der Waals surface area contributed by atoms with E-state index in [0.29, 0.717) is 18.1 Å². The van der Waals surface area contributed by atoms with Crippen LogP contribution in [0, 0.1) is 0 Å². The summed E-state index contributed by atoms with van der Waals surface area (Å²) < 4.78 is 5.33. The summed E-state index contributed by atoms with van der Waals surface area (Å²) in [7, 11) is 0. The molecule has 2 aromatic rings. The average molecular weight is 341 g/mol. The van der Waals surface area contributed by atoms with E-state index in [1.54, 1.807) is 12.1 Å². The molecule has 2 heterocycles. The maximum absolute atomic E-state index is 12.1. The molecule has 1 amide bonds. The van der Waals surface area contributed by atoms with Gasteiger partial charge in [-0.15, -0.1) is 10.2 Å². The lowest BCUT2D eigenvalue weighted by molar-refractivity contribution is 0.0398. The Kier molecular flexibility index (Phi) is 6.30. The highest BCUT2D eigenvalue weighted by atomic mass is 16.5. The SMILES string of the molecule is O=C(NCc1ccccc1)c1ccc(NCCN2CCOCC2)nn1. The molecule has 1 saturated heterocycles. The molecule has 1 aliphatic rings. The Hall–Kier alpha value is -2.51. The standard InChI is InChI=1S/C18H23N5O2/c24-18(20-14-15-4-2-1-3-5-15)16-6-7-17(22-21-16)19-8-9-23-10-12-25-13-11-23/h1-7H,8-14H2,(H,19,22)(H,20,24). The molecule has 132 valence electrons. The van der Waals surface area contributed by atoms with Crippen LogP contribution in [0.3, 0.4) is 0 Å². The zero-order chi connectivity index (χ0) is 17.3. The van der Waals surface area contributed by atoms with Gasteiger partial charge in [-0.3, -0.25) is 9.69 Å². The third kappa shape index (κ3) is 5.51. The number of nitrogens with zero attached hydrogens (tertiary/aromatic N) is 3. The van der Waals surface area contributed by atoms with Crippen molar-refractivity contribution in [1.82, 2.24) is 20.4 Å². The Morgan fingerprint density at radius 2 is 1.88 bits per heavy atom. The zero-order valence-corrected chi connectivity index (χ0v) is 14.1. The van der Waals surface area contributed by atoms with Gasteiger partial charge < -0.3 is 15.4 Å². The highest BCUT2D eigenvalue weighted by molar-refractivity contribution is 5.92. The highest BCUT2D eigenvalue weighted by Gasteiger charge is 2.10. The van der Waals surface area contributed by atoms with E-state index in [9.17, 15) is 4.79 Å². The number of ether oxygens (including phenoxy) is 1. The van der Waals surface area contributed by atoms with Gasteiger partial charge in [0.25, 0.3) is 5.91 Å². The number of anilines is 1. The Bertz CT molecular complexity index is 657. The van der Waals surface area contributed by atoms with Crippen molar-refractivity contribution >= 4 is 11.7 Å². The number of hydrogen-bond donors (Lipinski definition) is 2. The summed E-state index contributed by atoms with van der Waals surface area (Å²) in [5.74, 6) is 0.448. The summed E-state index contributed by atoms with van der Waals surface area (Å²) in [6.45, 7) is 5.72. The number of amides is 1. The van der Waals surface area contributed by atoms with E-state index in [1.165, 1.54) is 0 Å². The molecular weight excluding hydrogens is 318 g/mol. The molecule has 0 aliphatic carbocycles. The Morgan fingerprint density at radius 1 is 1.08 bits per heavy atom. The van der Waals surface area contributed by atoms with Gasteiger partial charge >= 0.3 is 0 Å². The smallest absolute Gasteiger partial charge is 0.272 e. The lowest BCUT2D eigenvalue weighted by Crippen LogP contribution is -2.39. The zero-order valence-electron chi connectivity index (χ0n) is 14.1. The van der Waals surface area contributed by atoms with E-state index < -0.39 is 0 Å². The quantitative estimate of drug-likeness (QED) is 0.786. The lowest BCUT2D eigenvalue weighted by atomic mass is 10.2. The van der Waals surface area contributed by atoms with Gasteiger partial charge in [-0.1, -0.05) is 30.3 Å². The number of hydrogen-bond acceptors (Lipinski definition) is 6. The van der Waals surface area contributed by atoms with Crippen molar-refractivity contribution in [3.05, 3.63) is 53.7 Å². The van der Waals surface area contributed by atoms with Crippen LogP contribution in [0.1, 0.15) is 16.1 Å². The molecule has 25 heavy (non-hydrogen) atoms. The Morgan fingerprint density at radius 3 is 2.60 bits per heavy atom. The van der Waals surface area contributed by atoms with E-state index in [0.717, 1.165) is 45.0 Å². The first kappa shape index (κ1) is 17.3. The van der Waals surface area contributed by atoms with Crippen molar-refractivity contribution < 1.29 is 9.53 Å². The minimum Gasteiger partial charge on any atom is -0.379 e. The number of carbonyl (C=O) groups is 1. The Balaban J connectivity index is 1.42. The number of nitrogens with one attached hydrogen (secondary N) is 2. The second kappa shape index (κ2) is 9.10. The molecule has 2 N–H and O–H groups in total. The van der Waals surface area contributed by atoms with Crippen LogP contribution in [0.5, 0.6) is 0 Å². The van der Waals surface area contributed by atoms with Crippen LogP contribution in [0.4, 0.5) is 5.82 Å². The van der Waals surface area contributed by atoms with Crippen molar-refractivity contribution in [3.63, 3.8) is 0 Å². The molecule has 0 unspecified atom stereocenters. The molecule has 1 aliphatic heterocycles. The maximum atomic E-state index is 12.1.